The maximum atomic E-state index is 13.3. The highest BCUT2D eigenvalue weighted by molar-refractivity contribution is 7.34. The summed E-state index contributed by atoms with van der Waals surface area (Å²) in [6.45, 7) is 3.49. The summed E-state index contributed by atoms with van der Waals surface area (Å²) in [6, 6.07) is 13.7. The molecule has 2 aromatic carbocycles. The van der Waals surface area contributed by atoms with Crippen molar-refractivity contribution in [2.75, 3.05) is 14.2 Å². The maximum Gasteiger partial charge on any atom is 0.805 e. The van der Waals surface area contributed by atoms with Gasteiger partial charge in [0.2, 0.25) is 0 Å². The quantitative estimate of drug-likeness (QED) is 0.158. The second kappa shape index (κ2) is 12.8. The van der Waals surface area contributed by atoms with Gasteiger partial charge in [-0.15, -0.1) is 0 Å². The van der Waals surface area contributed by atoms with Gasteiger partial charge in [0.15, 0.2) is 34.5 Å². The van der Waals surface area contributed by atoms with Crippen LogP contribution in [0.3, 0.4) is 0 Å². The monoisotopic (exact) mass is 559 g/mol. The molecule has 0 saturated carbocycles. The Morgan fingerprint density at radius 3 is 1.52 bits per heavy atom. The van der Waals surface area contributed by atoms with Crippen LogP contribution in [0.1, 0.15) is 33.4 Å². The predicted octanol–water partition coefficient (Wildman–Crippen LogP) is 6.91. The first-order valence-corrected chi connectivity index (χ1v) is 13.2. The molecule has 204 valence electrons. The highest BCUT2D eigenvalue weighted by Gasteiger charge is 2.29. The Kier molecular flexibility index (Phi) is 8.99. The third-order valence-electron chi connectivity index (χ3n) is 5.85. The smallest absolute Gasteiger partial charge is 0.504 e. The fourth-order valence-corrected chi connectivity index (χ4v) is 4.52. The van der Waals surface area contributed by atoms with Crippen LogP contribution in [0.15, 0.2) is 73.3 Å². The molecule has 4 aromatic rings. The zero-order valence-electron chi connectivity index (χ0n) is 22.4. The number of benzene rings is 2. The van der Waals surface area contributed by atoms with E-state index in [1.165, 1.54) is 14.2 Å². The van der Waals surface area contributed by atoms with E-state index in [9.17, 15) is 14.8 Å². The summed E-state index contributed by atoms with van der Waals surface area (Å²) in [5.41, 5.74) is 3.60. The molecule has 0 aliphatic rings. The number of aromatic nitrogens is 2. The molecule has 0 unspecified atom stereocenters. The minimum absolute atomic E-state index is 0.0326. The Morgan fingerprint density at radius 1 is 0.750 bits per heavy atom. The SMILES string of the molecule is COc1cc(C=C(O[P+](=O)OC(=Cc2cc(C)c(O)c(OC)c2)c2cccnc2)c2cccnc2)cc(C)c1O. The standard InChI is InChI=1S/C30H27N2O7P/c1-19-11-21(15-27(36-3)29(19)33)13-25(23-7-5-9-31-17-23)38-40(35)39-26(24-8-6-10-32-18-24)14-22-12-20(2)30(34)28(16-22)37-4/h5-18H,1-4H3,(H-,33,34)/p+1. The van der Waals surface area contributed by atoms with Crippen molar-refractivity contribution in [2.24, 2.45) is 0 Å². The number of phenolic OH excluding ortho intramolecular Hbond substituents is 2. The maximum absolute atomic E-state index is 13.3. The molecular weight excluding hydrogens is 531 g/mol. The van der Waals surface area contributed by atoms with Crippen LogP contribution < -0.4 is 9.47 Å². The molecule has 9 nitrogen and oxygen atoms in total. The molecule has 0 aliphatic carbocycles. The fourth-order valence-electron chi connectivity index (χ4n) is 3.85. The van der Waals surface area contributed by atoms with Gasteiger partial charge in [-0.3, -0.25) is 9.97 Å². The summed E-state index contributed by atoms with van der Waals surface area (Å²) in [5.74, 6) is 1.11. The van der Waals surface area contributed by atoms with E-state index in [-0.39, 0.29) is 23.0 Å². The van der Waals surface area contributed by atoms with Crippen molar-refractivity contribution >= 4 is 31.9 Å². The number of rotatable bonds is 10. The lowest BCUT2D eigenvalue weighted by atomic mass is 10.1. The Labute approximate surface area is 233 Å². The molecule has 40 heavy (non-hydrogen) atoms. The van der Waals surface area contributed by atoms with Gasteiger partial charge in [-0.05, 0) is 96.8 Å². The number of hydrogen-bond acceptors (Lipinski definition) is 9. The third kappa shape index (κ3) is 6.76. The van der Waals surface area contributed by atoms with Crippen molar-refractivity contribution < 1.29 is 33.3 Å². The number of hydrogen-bond donors (Lipinski definition) is 2. The molecular formula is C30H28N2O7P+. The second-order valence-corrected chi connectivity index (χ2v) is 9.50. The first-order chi connectivity index (χ1) is 19.3. The Bertz CT molecular complexity index is 1460. The van der Waals surface area contributed by atoms with Gasteiger partial charge in [0, 0.05) is 40.5 Å². The van der Waals surface area contributed by atoms with Crippen molar-refractivity contribution in [2.45, 2.75) is 13.8 Å². The minimum Gasteiger partial charge on any atom is -0.504 e. The number of phenols is 2. The van der Waals surface area contributed by atoms with E-state index in [2.05, 4.69) is 9.97 Å². The molecule has 0 radical (unpaired) electrons. The van der Waals surface area contributed by atoms with Gasteiger partial charge in [-0.2, -0.15) is 0 Å². The van der Waals surface area contributed by atoms with Crippen LogP contribution in [0.5, 0.6) is 23.0 Å². The van der Waals surface area contributed by atoms with Gasteiger partial charge in [0.1, 0.15) is 0 Å². The van der Waals surface area contributed by atoms with E-state index in [4.69, 9.17) is 18.5 Å². The largest absolute Gasteiger partial charge is 0.805 e. The Hall–Kier alpha value is -4.88. The number of nitrogens with zero attached hydrogens (tertiary/aromatic N) is 2. The van der Waals surface area contributed by atoms with E-state index in [0.29, 0.717) is 44.9 Å². The van der Waals surface area contributed by atoms with Crippen molar-refractivity contribution in [3.05, 3.63) is 107 Å². The van der Waals surface area contributed by atoms with Crippen molar-refractivity contribution in [1.82, 2.24) is 9.97 Å². The van der Waals surface area contributed by atoms with Crippen molar-refractivity contribution in [3.8, 4) is 23.0 Å². The molecule has 0 bridgehead atoms. The van der Waals surface area contributed by atoms with Crippen LogP contribution >= 0.6 is 8.25 Å². The van der Waals surface area contributed by atoms with Crippen LogP contribution in [0, 0.1) is 13.8 Å². The van der Waals surface area contributed by atoms with Gasteiger partial charge in [-0.1, -0.05) is 0 Å². The topological polar surface area (TPSA) is 120 Å². The van der Waals surface area contributed by atoms with Crippen LogP contribution in [0.2, 0.25) is 0 Å². The summed E-state index contributed by atoms with van der Waals surface area (Å²) in [5, 5.41) is 20.5. The van der Waals surface area contributed by atoms with Gasteiger partial charge in [0.25, 0.3) is 0 Å². The molecule has 2 heterocycles. The van der Waals surface area contributed by atoms with Gasteiger partial charge < -0.3 is 19.7 Å². The average Bonchev–Trinajstić information content (AvgIpc) is 2.96. The molecule has 4 rings (SSSR count). The fraction of sp³-hybridized carbons (Fsp3) is 0.133. The molecule has 0 fully saturated rings. The molecule has 0 amide bonds. The molecule has 0 spiro atoms. The summed E-state index contributed by atoms with van der Waals surface area (Å²) in [6.07, 6.45) is 9.69. The molecule has 0 atom stereocenters. The lowest BCUT2D eigenvalue weighted by molar-refractivity contribution is 0.371. The zero-order valence-corrected chi connectivity index (χ0v) is 23.3. The summed E-state index contributed by atoms with van der Waals surface area (Å²) in [7, 11) is 0.169. The molecule has 0 saturated heterocycles. The molecule has 0 aliphatic heterocycles. The van der Waals surface area contributed by atoms with Crippen LogP contribution in [-0.4, -0.2) is 34.4 Å². The molecule has 2 aromatic heterocycles. The van der Waals surface area contributed by atoms with E-state index in [0.717, 1.165) is 0 Å². The lowest BCUT2D eigenvalue weighted by Gasteiger charge is -2.09. The first kappa shape index (κ1) is 28.1. The van der Waals surface area contributed by atoms with E-state index < -0.39 is 8.25 Å². The number of ether oxygens (including phenoxy) is 2. The van der Waals surface area contributed by atoms with Crippen LogP contribution in [0.4, 0.5) is 0 Å². The third-order valence-corrected chi connectivity index (χ3v) is 6.54. The van der Waals surface area contributed by atoms with Gasteiger partial charge in [0.05, 0.1) is 14.2 Å². The highest BCUT2D eigenvalue weighted by atomic mass is 31.1. The molecule has 2 N–H and O–H groups in total. The normalized spacial score (nSPS) is 12.1. The summed E-state index contributed by atoms with van der Waals surface area (Å²) < 4.78 is 35.6. The molecule has 10 heteroatoms. The first-order valence-electron chi connectivity index (χ1n) is 12.1. The van der Waals surface area contributed by atoms with Crippen LogP contribution in [-0.2, 0) is 13.6 Å². The lowest BCUT2D eigenvalue weighted by Crippen LogP contribution is -1.93. The zero-order chi connectivity index (χ0) is 28.6. The number of aryl methyl sites for hydroxylation is 2. The van der Waals surface area contributed by atoms with Crippen molar-refractivity contribution in [1.29, 1.82) is 0 Å². The van der Waals surface area contributed by atoms with Crippen molar-refractivity contribution in [3.63, 3.8) is 0 Å². The highest BCUT2D eigenvalue weighted by Crippen LogP contribution is 2.40. The number of aromatic hydroxyl groups is 2. The van der Waals surface area contributed by atoms with E-state index in [1.807, 2.05) is 0 Å². The predicted molar refractivity (Wildman–Crippen MR) is 153 cm³/mol. The van der Waals surface area contributed by atoms with Gasteiger partial charge >= 0.3 is 8.25 Å². The number of methoxy groups -OCH3 is 2. The number of pyridine rings is 2. The summed E-state index contributed by atoms with van der Waals surface area (Å²) >= 11 is 0. The minimum atomic E-state index is -2.75. The Balaban J connectivity index is 1.71. The van der Waals surface area contributed by atoms with Gasteiger partial charge in [-0.25, -0.2) is 9.05 Å². The Morgan fingerprint density at radius 2 is 1.18 bits per heavy atom. The summed E-state index contributed by atoms with van der Waals surface area (Å²) in [4.78, 5) is 8.29. The van der Waals surface area contributed by atoms with Crippen LogP contribution in [0.25, 0.3) is 23.7 Å². The van der Waals surface area contributed by atoms with E-state index in [1.54, 1.807) is 99.3 Å². The van der Waals surface area contributed by atoms with E-state index >= 15 is 0 Å². The average molecular weight is 560 g/mol. The second-order valence-electron chi connectivity index (χ2n) is 8.68.